The number of hydrogen-bond acceptors (Lipinski definition) is 8. The third-order valence-electron chi connectivity index (χ3n) is 7.03. The highest BCUT2D eigenvalue weighted by molar-refractivity contribution is 7.91. The van der Waals surface area contributed by atoms with Gasteiger partial charge in [-0.05, 0) is 69.3 Å². The van der Waals surface area contributed by atoms with Crippen molar-refractivity contribution < 1.29 is 41.5 Å². The van der Waals surface area contributed by atoms with Crippen LogP contribution in [0.25, 0.3) is 0 Å². The average molecular weight is 635 g/mol. The number of nitrogens with one attached hydrogen (secondary N) is 1. The number of likely N-dealkylation sites (tertiary alicyclic amines) is 1. The van der Waals surface area contributed by atoms with Crippen molar-refractivity contribution in [2.75, 3.05) is 25.0 Å². The SMILES string of the molecule is CN=S(=O)(NC1CN(C(=O)OC(C)(C)C)CC(N2c3ccccc3Oc3ccccc32)C1O)c1ccc(OC(F)(F)F)cc1. The summed E-state index contributed by atoms with van der Waals surface area (Å²) in [6, 6.07) is 17.3. The zero-order valence-electron chi connectivity index (χ0n) is 24.4. The first-order valence-corrected chi connectivity index (χ1v) is 15.3. The first kappa shape index (κ1) is 31.4. The zero-order chi connectivity index (χ0) is 31.9. The van der Waals surface area contributed by atoms with Gasteiger partial charge in [0.1, 0.15) is 21.3 Å². The number of fused-ring (bicyclic) bond motifs is 2. The summed E-state index contributed by atoms with van der Waals surface area (Å²) in [5.74, 6) is 0.606. The minimum Gasteiger partial charge on any atom is -0.453 e. The van der Waals surface area contributed by atoms with E-state index in [2.05, 4.69) is 13.8 Å². The maximum atomic E-state index is 14.1. The lowest BCUT2D eigenvalue weighted by atomic mass is 9.94. The maximum absolute atomic E-state index is 14.1. The second kappa shape index (κ2) is 11.8. The number of ether oxygens (including phenoxy) is 3. The molecule has 10 nitrogen and oxygen atoms in total. The van der Waals surface area contributed by atoms with Crippen LogP contribution in [-0.4, -0.2) is 70.6 Å². The van der Waals surface area contributed by atoms with Crippen molar-refractivity contribution in [3.05, 3.63) is 72.8 Å². The summed E-state index contributed by atoms with van der Waals surface area (Å²) in [6.45, 7) is 5.16. The van der Waals surface area contributed by atoms with Gasteiger partial charge in [0.05, 0.1) is 34.5 Å². The van der Waals surface area contributed by atoms with E-state index in [0.29, 0.717) is 22.9 Å². The molecule has 0 saturated carbocycles. The van der Waals surface area contributed by atoms with Gasteiger partial charge in [0.15, 0.2) is 11.5 Å². The number of halogens is 3. The first-order chi connectivity index (χ1) is 20.7. The Morgan fingerprint density at radius 2 is 1.55 bits per heavy atom. The summed E-state index contributed by atoms with van der Waals surface area (Å²) >= 11 is 0. The third kappa shape index (κ3) is 6.71. The van der Waals surface area contributed by atoms with Gasteiger partial charge in [0, 0.05) is 20.1 Å². The number of alkyl halides is 3. The van der Waals surface area contributed by atoms with E-state index in [1.165, 1.54) is 24.1 Å². The molecule has 2 aliphatic rings. The van der Waals surface area contributed by atoms with Gasteiger partial charge in [0.25, 0.3) is 0 Å². The lowest BCUT2D eigenvalue weighted by molar-refractivity contribution is -0.274. The van der Waals surface area contributed by atoms with Gasteiger partial charge in [-0.25, -0.2) is 18.1 Å². The minimum absolute atomic E-state index is 0.0465. The summed E-state index contributed by atoms with van der Waals surface area (Å²) in [5.41, 5.74) is 0.499. The molecule has 14 heteroatoms. The van der Waals surface area contributed by atoms with E-state index >= 15 is 0 Å². The number of nitrogens with zero attached hydrogens (tertiary/aromatic N) is 3. The van der Waals surface area contributed by atoms with Crippen LogP contribution in [0.1, 0.15) is 20.8 Å². The molecule has 0 aliphatic carbocycles. The standard InChI is InChI=1S/C30H33F3N4O6S/c1-29(2,3)43-28(39)36-17-21(35-44(40,34-4)20-15-13-19(14-16-20)42-30(31,32)33)27(38)24(18-36)37-22-9-5-7-11-25(22)41-26-12-8-6-10-23(26)37/h5-16,21,24,27,38H,17-18H2,1-4H3,(H,34,35,40). The summed E-state index contributed by atoms with van der Waals surface area (Å²) in [5, 5.41) is 11.9. The van der Waals surface area contributed by atoms with Crippen molar-refractivity contribution in [1.82, 2.24) is 9.62 Å². The van der Waals surface area contributed by atoms with Gasteiger partial charge < -0.3 is 29.1 Å². The lowest BCUT2D eigenvalue weighted by Gasteiger charge is -2.48. The van der Waals surface area contributed by atoms with Crippen LogP contribution in [0.5, 0.6) is 17.2 Å². The van der Waals surface area contributed by atoms with Crippen LogP contribution in [-0.2, 0) is 14.7 Å². The van der Waals surface area contributed by atoms with E-state index in [1.54, 1.807) is 32.9 Å². The van der Waals surface area contributed by atoms with E-state index in [4.69, 9.17) is 9.47 Å². The van der Waals surface area contributed by atoms with E-state index < -0.39 is 51.9 Å². The van der Waals surface area contributed by atoms with Gasteiger partial charge in [-0.2, -0.15) is 0 Å². The molecule has 2 N–H and O–H groups in total. The molecular weight excluding hydrogens is 601 g/mol. The van der Waals surface area contributed by atoms with Gasteiger partial charge in [-0.3, -0.25) is 0 Å². The fraction of sp³-hybridized carbons (Fsp3) is 0.367. The molecule has 44 heavy (non-hydrogen) atoms. The van der Waals surface area contributed by atoms with E-state index in [0.717, 1.165) is 12.1 Å². The Morgan fingerprint density at radius 3 is 2.07 bits per heavy atom. The smallest absolute Gasteiger partial charge is 0.453 e. The number of benzene rings is 3. The van der Waals surface area contributed by atoms with Gasteiger partial charge in [-0.1, -0.05) is 24.3 Å². The molecule has 4 unspecified atom stereocenters. The van der Waals surface area contributed by atoms with E-state index in [-0.39, 0.29) is 18.0 Å². The molecule has 1 amide bonds. The average Bonchev–Trinajstić information content (AvgIpc) is 2.95. The number of aliphatic hydroxyl groups is 1. The Morgan fingerprint density at radius 1 is 0.977 bits per heavy atom. The first-order valence-electron chi connectivity index (χ1n) is 13.8. The monoisotopic (exact) mass is 634 g/mol. The molecule has 3 aromatic carbocycles. The lowest BCUT2D eigenvalue weighted by Crippen LogP contribution is -2.66. The molecule has 236 valence electrons. The number of hydrogen-bond donors (Lipinski definition) is 2. The Labute approximate surface area is 253 Å². The Bertz CT molecular complexity index is 1590. The summed E-state index contributed by atoms with van der Waals surface area (Å²) in [7, 11) is -2.21. The summed E-state index contributed by atoms with van der Waals surface area (Å²) in [4.78, 5) is 16.8. The summed E-state index contributed by atoms with van der Waals surface area (Å²) in [6.07, 6.45) is -6.74. The highest BCUT2D eigenvalue weighted by Gasteiger charge is 2.45. The third-order valence-corrected chi connectivity index (χ3v) is 9.08. The number of rotatable bonds is 5. The number of aliphatic hydroxyl groups excluding tert-OH is 1. The topological polar surface area (TPSA) is 113 Å². The Balaban J connectivity index is 1.53. The summed E-state index contributed by atoms with van der Waals surface area (Å²) < 4.78 is 74.8. The zero-order valence-corrected chi connectivity index (χ0v) is 25.3. The van der Waals surface area contributed by atoms with Crippen molar-refractivity contribution in [3.8, 4) is 17.2 Å². The van der Waals surface area contributed by atoms with Crippen LogP contribution in [0.15, 0.2) is 82.1 Å². The quantitative estimate of drug-likeness (QED) is 0.363. The highest BCUT2D eigenvalue weighted by Crippen LogP contribution is 2.48. The van der Waals surface area contributed by atoms with Gasteiger partial charge in [0.2, 0.25) is 0 Å². The number of para-hydroxylation sites is 4. The van der Waals surface area contributed by atoms with Crippen molar-refractivity contribution in [3.63, 3.8) is 0 Å². The molecule has 2 heterocycles. The number of anilines is 2. The largest absolute Gasteiger partial charge is 0.573 e. The fourth-order valence-corrected chi connectivity index (χ4v) is 6.77. The molecule has 1 saturated heterocycles. The molecule has 2 aliphatic heterocycles. The molecule has 0 bridgehead atoms. The number of carbonyl (C=O) groups excluding carboxylic acids is 1. The maximum Gasteiger partial charge on any atom is 0.573 e. The molecular formula is C30H33F3N4O6S. The molecule has 5 rings (SSSR count). The molecule has 0 spiro atoms. The molecule has 0 aromatic heterocycles. The fourth-order valence-electron chi connectivity index (χ4n) is 5.19. The van der Waals surface area contributed by atoms with Crippen LogP contribution < -0.4 is 19.1 Å². The van der Waals surface area contributed by atoms with Crippen molar-refractivity contribution in [2.24, 2.45) is 4.36 Å². The van der Waals surface area contributed by atoms with Crippen LogP contribution in [0.4, 0.5) is 29.3 Å². The number of carbonyl (C=O) groups is 1. The van der Waals surface area contributed by atoms with Gasteiger partial charge in [-0.15, -0.1) is 13.2 Å². The van der Waals surface area contributed by atoms with Crippen molar-refractivity contribution >= 4 is 27.4 Å². The van der Waals surface area contributed by atoms with Gasteiger partial charge >= 0.3 is 12.5 Å². The van der Waals surface area contributed by atoms with E-state index in [9.17, 15) is 27.3 Å². The van der Waals surface area contributed by atoms with Crippen LogP contribution >= 0.6 is 0 Å². The molecule has 4 atom stereocenters. The number of amides is 1. The minimum atomic E-state index is -4.89. The van der Waals surface area contributed by atoms with Crippen LogP contribution in [0, 0.1) is 0 Å². The second-order valence-corrected chi connectivity index (χ2v) is 13.4. The normalized spacial score (nSPS) is 21.3. The number of piperidine rings is 1. The Kier molecular flexibility index (Phi) is 8.44. The van der Waals surface area contributed by atoms with Crippen LogP contribution in [0.3, 0.4) is 0 Å². The molecule has 3 aromatic rings. The molecule has 1 fully saturated rings. The van der Waals surface area contributed by atoms with Crippen molar-refractivity contribution in [2.45, 2.75) is 55.8 Å². The highest BCUT2D eigenvalue weighted by atomic mass is 32.2. The molecule has 0 radical (unpaired) electrons. The Hall–Kier alpha value is -4.01. The van der Waals surface area contributed by atoms with Crippen LogP contribution in [0.2, 0.25) is 0 Å². The predicted molar refractivity (Wildman–Crippen MR) is 158 cm³/mol. The van der Waals surface area contributed by atoms with E-state index in [1.807, 2.05) is 41.3 Å². The van der Waals surface area contributed by atoms with Crippen molar-refractivity contribution in [1.29, 1.82) is 0 Å². The second-order valence-electron chi connectivity index (χ2n) is 11.3. The predicted octanol–water partition coefficient (Wildman–Crippen LogP) is 5.84.